The molecule has 9 nitrogen and oxygen atoms in total. The molecule has 9 heteroatoms. The van der Waals surface area contributed by atoms with Crippen LogP contribution in [-0.4, -0.2) is 98.8 Å². The van der Waals surface area contributed by atoms with Gasteiger partial charge in [-0.15, -0.1) is 0 Å². The van der Waals surface area contributed by atoms with E-state index in [-0.39, 0.29) is 60.8 Å². The molecule has 0 bridgehead atoms. The van der Waals surface area contributed by atoms with E-state index in [1.54, 1.807) is 26.2 Å². The maximum atomic E-state index is 13.5. The van der Waals surface area contributed by atoms with E-state index in [0.717, 1.165) is 45.2 Å². The van der Waals surface area contributed by atoms with Gasteiger partial charge in [-0.2, -0.15) is 0 Å². The van der Waals surface area contributed by atoms with E-state index in [2.05, 4.69) is 38.3 Å². The first-order valence-corrected chi connectivity index (χ1v) is 13.3. The van der Waals surface area contributed by atoms with Crippen LogP contribution in [0, 0.1) is 11.8 Å². The van der Waals surface area contributed by atoms with Crippen LogP contribution in [0.5, 0.6) is 0 Å². The number of likely N-dealkylation sites (tertiary alicyclic amines) is 1. The summed E-state index contributed by atoms with van der Waals surface area (Å²) in [6, 6.07) is -0.448. The molecular weight excluding hydrogens is 448 g/mol. The zero-order valence-corrected chi connectivity index (χ0v) is 22.8. The predicted molar refractivity (Wildman–Crippen MR) is 136 cm³/mol. The normalized spacial score (nSPS) is 23.7. The second-order valence-electron chi connectivity index (χ2n) is 10.5. The second kappa shape index (κ2) is 14.1. The van der Waals surface area contributed by atoms with Crippen LogP contribution in [0.1, 0.15) is 66.2 Å². The first kappa shape index (κ1) is 29.5. The largest absolute Gasteiger partial charge is 0.379 e. The van der Waals surface area contributed by atoms with Crippen molar-refractivity contribution in [2.45, 2.75) is 96.6 Å². The average Bonchev–Trinajstić information content (AvgIpc) is 3.54. The van der Waals surface area contributed by atoms with Crippen molar-refractivity contribution < 1.29 is 23.9 Å². The van der Waals surface area contributed by atoms with Gasteiger partial charge >= 0.3 is 0 Å². The van der Waals surface area contributed by atoms with Crippen LogP contribution >= 0.6 is 0 Å². The molecule has 2 aliphatic rings. The number of rotatable bonds is 13. The third-order valence-corrected chi connectivity index (χ3v) is 7.85. The SMILES string of the molecule is CCC(C)C(C(CC(=O)N1CCCC1C(OC)C(C)C)OC)N(C)C(=O)CNC(=O)C1CCCN1. The summed E-state index contributed by atoms with van der Waals surface area (Å²) in [5.41, 5.74) is 0. The number of nitrogens with zero attached hydrogens (tertiary/aromatic N) is 2. The molecule has 2 fully saturated rings. The van der Waals surface area contributed by atoms with Crippen molar-refractivity contribution in [1.82, 2.24) is 20.4 Å². The molecule has 0 aromatic rings. The minimum atomic E-state index is -0.445. The van der Waals surface area contributed by atoms with E-state index in [1.807, 2.05) is 4.90 Å². The monoisotopic (exact) mass is 496 g/mol. The fraction of sp³-hybridized carbons (Fsp3) is 0.885. The first-order chi connectivity index (χ1) is 16.7. The lowest BCUT2D eigenvalue weighted by molar-refractivity contribution is -0.144. The van der Waals surface area contributed by atoms with Crippen molar-refractivity contribution in [1.29, 1.82) is 0 Å². The Balaban J connectivity index is 2.08. The van der Waals surface area contributed by atoms with Gasteiger partial charge in [0.2, 0.25) is 17.7 Å². The Labute approximate surface area is 211 Å². The summed E-state index contributed by atoms with van der Waals surface area (Å²) in [6.07, 6.45) is 4.23. The number of carbonyl (C=O) groups is 3. The van der Waals surface area contributed by atoms with Crippen LogP contribution in [0.2, 0.25) is 0 Å². The molecule has 0 aromatic heterocycles. The van der Waals surface area contributed by atoms with Crippen LogP contribution in [0.15, 0.2) is 0 Å². The van der Waals surface area contributed by atoms with Gasteiger partial charge in [0.1, 0.15) is 0 Å². The van der Waals surface area contributed by atoms with Gasteiger partial charge in [0.05, 0.1) is 43.3 Å². The molecule has 2 aliphatic heterocycles. The number of amides is 3. The maximum absolute atomic E-state index is 13.5. The molecule has 35 heavy (non-hydrogen) atoms. The second-order valence-corrected chi connectivity index (χ2v) is 10.5. The summed E-state index contributed by atoms with van der Waals surface area (Å²) in [4.78, 5) is 42.5. The molecule has 6 unspecified atom stereocenters. The van der Waals surface area contributed by atoms with Gasteiger partial charge in [-0.05, 0) is 44.1 Å². The molecule has 0 radical (unpaired) electrons. The minimum Gasteiger partial charge on any atom is -0.379 e. The van der Waals surface area contributed by atoms with Crippen molar-refractivity contribution in [3.8, 4) is 0 Å². The third kappa shape index (κ3) is 7.64. The predicted octanol–water partition coefficient (Wildman–Crippen LogP) is 1.79. The Hall–Kier alpha value is -1.71. The molecular formula is C26H48N4O5. The summed E-state index contributed by atoms with van der Waals surface area (Å²) in [5.74, 6) is 0.139. The van der Waals surface area contributed by atoms with E-state index in [4.69, 9.17) is 9.47 Å². The molecule has 2 N–H and O–H groups in total. The van der Waals surface area contributed by atoms with Crippen molar-refractivity contribution in [3.63, 3.8) is 0 Å². The fourth-order valence-corrected chi connectivity index (χ4v) is 5.67. The molecule has 0 saturated carbocycles. The quantitative estimate of drug-likeness (QED) is 0.403. The van der Waals surface area contributed by atoms with Crippen LogP contribution in [-0.2, 0) is 23.9 Å². The third-order valence-electron chi connectivity index (χ3n) is 7.85. The molecule has 2 heterocycles. The average molecular weight is 497 g/mol. The summed E-state index contributed by atoms with van der Waals surface area (Å²) < 4.78 is 11.6. The maximum Gasteiger partial charge on any atom is 0.242 e. The Kier molecular flexibility index (Phi) is 11.9. The topological polar surface area (TPSA) is 100 Å². The summed E-state index contributed by atoms with van der Waals surface area (Å²) in [6.45, 7) is 9.86. The Bertz CT molecular complexity index is 697. The lowest BCUT2D eigenvalue weighted by Crippen LogP contribution is -2.54. The van der Waals surface area contributed by atoms with E-state index < -0.39 is 6.10 Å². The van der Waals surface area contributed by atoms with Crippen molar-refractivity contribution in [2.75, 3.05) is 40.9 Å². The molecule has 202 valence electrons. The van der Waals surface area contributed by atoms with Crippen molar-refractivity contribution in [2.24, 2.45) is 11.8 Å². The summed E-state index contributed by atoms with van der Waals surface area (Å²) >= 11 is 0. The summed E-state index contributed by atoms with van der Waals surface area (Å²) in [7, 11) is 5.06. The highest BCUT2D eigenvalue weighted by Crippen LogP contribution is 2.28. The molecule has 0 spiro atoms. The Morgan fingerprint density at radius 1 is 1.11 bits per heavy atom. The van der Waals surface area contributed by atoms with Gasteiger partial charge in [-0.1, -0.05) is 34.1 Å². The number of carbonyl (C=O) groups excluding carboxylic acids is 3. The van der Waals surface area contributed by atoms with E-state index in [0.29, 0.717) is 5.92 Å². The van der Waals surface area contributed by atoms with Gasteiger partial charge in [0.15, 0.2) is 0 Å². The van der Waals surface area contributed by atoms with Gasteiger partial charge < -0.3 is 29.9 Å². The number of methoxy groups -OCH3 is 2. The molecule has 2 rings (SSSR count). The van der Waals surface area contributed by atoms with E-state index in [1.165, 1.54) is 0 Å². The first-order valence-electron chi connectivity index (χ1n) is 13.3. The number of hydrogen-bond donors (Lipinski definition) is 2. The van der Waals surface area contributed by atoms with Gasteiger partial charge in [-0.25, -0.2) is 0 Å². The highest BCUT2D eigenvalue weighted by atomic mass is 16.5. The number of likely N-dealkylation sites (N-methyl/N-ethyl adjacent to an activating group) is 1. The minimum absolute atomic E-state index is 0.00460. The zero-order chi connectivity index (χ0) is 26.1. The number of nitrogens with one attached hydrogen (secondary N) is 2. The van der Waals surface area contributed by atoms with Crippen molar-refractivity contribution in [3.05, 3.63) is 0 Å². The Morgan fingerprint density at radius 2 is 1.83 bits per heavy atom. The van der Waals surface area contributed by atoms with Crippen LogP contribution < -0.4 is 10.6 Å². The smallest absolute Gasteiger partial charge is 0.242 e. The lowest BCUT2D eigenvalue weighted by Gasteiger charge is -2.39. The molecule has 3 amide bonds. The van der Waals surface area contributed by atoms with Crippen LogP contribution in [0.3, 0.4) is 0 Å². The highest BCUT2D eigenvalue weighted by molar-refractivity contribution is 5.87. The standard InChI is InChI=1S/C26H48N4O5/c1-8-18(4)24(29(5)23(32)16-28-26(33)19-11-9-13-27-19)21(34-6)15-22(31)30-14-10-12-20(30)25(35-7)17(2)3/h17-21,24-25,27H,8-16H2,1-7H3,(H,28,33). The van der Waals surface area contributed by atoms with E-state index in [9.17, 15) is 14.4 Å². The Morgan fingerprint density at radius 3 is 2.37 bits per heavy atom. The van der Waals surface area contributed by atoms with Gasteiger partial charge in [-0.3, -0.25) is 14.4 Å². The number of hydrogen-bond acceptors (Lipinski definition) is 6. The van der Waals surface area contributed by atoms with Gasteiger partial charge in [0.25, 0.3) is 0 Å². The van der Waals surface area contributed by atoms with Crippen LogP contribution in [0.4, 0.5) is 0 Å². The molecule has 0 aromatic carbocycles. The molecule has 2 saturated heterocycles. The highest BCUT2D eigenvalue weighted by Gasteiger charge is 2.39. The summed E-state index contributed by atoms with van der Waals surface area (Å²) in [5, 5.41) is 5.92. The molecule has 0 aliphatic carbocycles. The molecule has 6 atom stereocenters. The van der Waals surface area contributed by atoms with Crippen molar-refractivity contribution >= 4 is 17.7 Å². The zero-order valence-electron chi connectivity index (χ0n) is 22.8. The van der Waals surface area contributed by atoms with Gasteiger partial charge in [0, 0.05) is 27.8 Å². The number of ether oxygens (including phenoxy) is 2. The van der Waals surface area contributed by atoms with E-state index >= 15 is 0 Å². The lowest BCUT2D eigenvalue weighted by atomic mass is 9.90. The van der Waals surface area contributed by atoms with Crippen LogP contribution in [0.25, 0.3) is 0 Å². The fourth-order valence-electron chi connectivity index (χ4n) is 5.67.